The number of nitrogens with one attached hydrogen (secondary N) is 1. The van der Waals surface area contributed by atoms with Gasteiger partial charge in [-0.1, -0.05) is 6.07 Å². The van der Waals surface area contributed by atoms with Crippen molar-refractivity contribution >= 4 is 5.91 Å². The molecule has 1 atom stereocenters. The van der Waals surface area contributed by atoms with Crippen molar-refractivity contribution in [1.29, 1.82) is 0 Å². The molecule has 3 N–H and O–H groups in total. The lowest BCUT2D eigenvalue weighted by Gasteiger charge is -2.11. The Morgan fingerprint density at radius 3 is 3.00 bits per heavy atom. The summed E-state index contributed by atoms with van der Waals surface area (Å²) >= 11 is 0. The Balaban J connectivity index is 1.77. The normalized spacial score (nSPS) is 18.7. The molecule has 1 saturated heterocycles. The van der Waals surface area contributed by atoms with Crippen LogP contribution in [0.3, 0.4) is 0 Å². The molecule has 0 saturated carbocycles. The third-order valence-corrected chi connectivity index (χ3v) is 3.70. The summed E-state index contributed by atoms with van der Waals surface area (Å²) in [5.41, 5.74) is 8.15. The van der Waals surface area contributed by atoms with Crippen molar-refractivity contribution in [3.8, 4) is 0 Å². The molecule has 2 rings (SSSR count). The number of benzene rings is 1. The molecule has 104 valence electrons. The van der Waals surface area contributed by atoms with Gasteiger partial charge in [-0.15, -0.1) is 0 Å². The molecule has 1 heterocycles. The average molecular weight is 262 g/mol. The van der Waals surface area contributed by atoms with Crippen LogP contribution >= 0.6 is 0 Å². The number of ether oxygens (including phenoxy) is 1. The van der Waals surface area contributed by atoms with Crippen LogP contribution in [0.1, 0.15) is 34.3 Å². The maximum absolute atomic E-state index is 11.1. The Kier molecular flexibility index (Phi) is 4.93. The summed E-state index contributed by atoms with van der Waals surface area (Å²) in [6.45, 7) is 5.67. The summed E-state index contributed by atoms with van der Waals surface area (Å²) in [5.74, 6) is 0.342. The molecular formula is C15H22N2O2. The maximum Gasteiger partial charge on any atom is 0.248 e. The van der Waals surface area contributed by atoms with E-state index in [4.69, 9.17) is 10.5 Å². The van der Waals surface area contributed by atoms with Crippen LogP contribution in [0, 0.1) is 12.8 Å². The van der Waals surface area contributed by atoms with Crippen molar-refractivity contribution in [2.45, 2.75) is 26.3 Å². The summed E-state index contributed by atoms with van der Waals surface area (Å²) in [6, 6.07) is 5.61. The molecule has 0 aliphatic carbocycles. The first-order chi connectivity index (χ1) is 9.16. The molecule has 4 heteroatoms. The summed E-state index contributed by atoms with van der Waals surface area (Å²) in [5, 5.41) is 3.45. The highest BCUT2D eigenvalue weighted by Crippen LogP contribution is 2.15. The van der Waals surface area contributed by atoms with Crippen LogP contribution in [0.2, 0.25) is 0 Å². The van der Waals surface area contributed by atoms with Crippen LogP contribution in [0.4, 0.5) is 0 Å². The van der Waals surface area contributed by atoms with E-state index in [0.717, 1.165) is 31.9 Å². The molecule has 0 bridgehead atoms. The molecular weight excluding hydrogens is 240 g/mol. The Hall–Kier alpha value is -1.39. The van der Waals surface area contributed by atoms with Crippen molar-refractivity contribution in [3.05, 3.63) is 34.9 Å². The fraction of sp³-hybridized carbons (Fsp3) is 0.533. The highest BCUT2D eigenvalue weighted by atomic mass is 16.5. The van der Waals surface area contributed by atoms with E-state index >= 15 is 0 Å². The minimum absolute atomic E-state index is 0.371. The van der Waals surface area contributed by atoms with E-state index in [1.807, 2.05) is 19.1 Å². The molecule has 1 aliphatic rings. The van der Waals surface area contributed by atoms with Crippen LogP contribution in [0.15, 0.2) is 18.2 Å². The SMILES string of the molecule is Cc1cc(C(N)=O)ccc1CNCCC1CCOC1. The summed E-state index contributed by atoms with van der Waals surface area (Å²) in [7, 11) is 0. The van der Waals surface area contributed by atoms with Gasteiger partial charge in [0.25, 0.3) is 0 Å². The fourth-order valence-corrected chi connectivity index (χ4v) is 2.39. The zero-order valence-corrected chi connectivity index (χ0v) is 11.4. The Labute approximate surface area is 114 Å². The molecule has 1 amide bonds. The highest BCUT2D eigenvalue weighted by Gasteiger charge is 2.14. The van der Waals surface area contributed by atoms with Gasteiger partial charge in [0.15, 0.2) is 0 Å². The van der Waals surface area contributed by atoms with Gasteiger partial charge in [-0.2, -0.15) is 0 Å². The number of primary amides is 1. The van der Waals surface area contributed by atoms with E-state index in [1.165, 1.54) is 18.4 Å². The Morgan fingerprint density at radius 2 is 2.37 bits per heavy atom. The number of aryl methyl sites for hydroxylation is 1. The molecule has 0 spiro atoms. The topological polar surface area (TPSA) is 64.4 Å². The monoisotopic (exact) mass is 262 g/mol. The lowest BCUT2D eigenvalue weighted by atomic mass is 10.0. The van der Waals surface area contributed by atoms with E-state index in [9.17, 15) is 4.79 Å². The van der Waals surface area contributed by atoms with Gasteiger partial charge in [-0.25, -0.2) is 0 Å². The summed E-state index contributed by atoms with van der Waals surface area (Å²) in [4.78, 5) is 11.1. The van der Waals surface area contributed by atoms with Gasteiger partial charge in [-0.3, -0.25) is 4.79 Å². The van der Waals surface area contributed by atoms with Crippen molar-refractivity contribution in [2.75, 3.05) is 19.8 Å². The van der Waals surface area contributed by atoms with Gasteiger partial charge in [0.05, 0.1) is 0 Å². The second-order valence-corrected chi connectivity index (χ2v) is 5.20. The number of carbonyl (C=O) groups excluding carboxylic acids is 1. The maximum atomic E-state index is 11.1. The quantitative estimate of drug-likeness (QED) is 0.766. The first-order valence-corrected chi connectivity index (χ1v) is 6.84. The van der Waals surface area contributed by atoms with Gasteiger partial charge < -0.3 is 15.8 Å². The molecule has 1 aliphatic heterocycles. The lowest BCUT2D eigenvalue weighted by molar-refractivity contribution is 0.1000. The number of nitrogens with two attached hydrogens (primary N) is 1. The van der Waals surface area contributed by atoms with Crippen molar-refractivity contribution in [3.63, 3.8) is 0 Å². The van der Waals surface area contributed by atoms with Gasteiger partial charge in [-0.05, 0) is 55.5 Å². The molecule has 0 aromatic heterocycles. The second kappa shape index (κ2) is 6.68. The Morgan fingerprint density at radius 1 is 1.53 bits per heavy atom. The molecule has 1 unspecified atom stereocenters. The van der Waals surface area contributed by atoms with Crippen molar-refractivity contribution in [1.82, 2.24) is 5.32 Å². The predicted molar refractivity (Wildman–Crippen MR) is 74.9 cm³/mol. The third kappa shape index (κ3) is 4.04. The zero-order chi connectivity index (χ0) is 13.7. The first kappa shape index (κ1) is 14.0. The number of hydrogen-bond donors (Lipinski definition) is 2. The van der Waals surface area contributed by atoms with Gasteiger partial charge in [0.2, 0.25) is 5.91 Å². The van der Waals surface area contributed by atoms with Crippen molar-refractivity contribution in [2.24, 2.45) is 11.7 Å². The highest BCUT2D eigenvalue weighted by molar-refractivity contribution is 5.93. The van der Waals surface area contributed by atoms with Crippen LogP contribution in [0.5, 0.6) is 0 Å². The predicted octanol–water partition coefficient (Wildman–Crippen LogP) is 1.61. The summed E-state index contributed by atoms with van der Waals surface area (Å²) in [6.07, 6.45) is 2.35. The summed E-state index contributed by atoms with van der Waals surface area (Å²) < 4.78 is 5.36. The smallest absolute Gasteiger partial charge is 0.248 e. The molecule has 0 radical (unpaired) electrons. The van der Waals surface area contributed by atoms with Crippen molar-refractivity contribution < 1.29 is 9.53 Å². The molecule has 19 heavy (non-hydrogen) atoms. The minimum Gasteiger partial charge on any atom is -0.381 e. The molecule has 4 nitrogen and oxygen atoms in total. The molecule has 1 aromatic carbocycles. The van der Waals surface area contributed by atoms with Crippen LogP contribution < -0.4 is 11.1 Å². The van der Waals surface area contributed by atoms with Crippen LogP contribution in [-0.2, 0) is 11.3 Å². The lowest BCUT2D eigenvalue weighted by Crippen LogP contribution is -2.19. The van der Waals surface area contributed by atoms with E-state index in [2.05, 4.69) is 5.32 Å². The minimum atomic E-state index is -0.371. The standard InChI is InChI=1S/C15H22N2O2/c1-11-8-13(15(16)18)2-3-14(11)9-17-6-4-12-5-7-19-10-12/h2-3,8,12,17H,4-7,9-10H2,1H3,(H2,16,18). The van der Waals surface area contributed by atoms with E-state index < -0.39 is 0 Å². The molecule has 1 aromatic rings. The van der Waals surface area contributed by atoms with Gasteiger partial charge >= 0.3 is 0 Å². The third-order valence-electron chi connectivity index (χ3n) is 3.70. The molecule has 1 fully saturated rings. The van der Waals surface area contributed by atoms with Crippen LogP contribution in [-0.4, -0.2) is 25.7 Å². The van der Waals surface area contributed by atoms with Gasteiger partial charge in [0, 0.05) is 25.3 Å². The largest absolute Gasteiger partial charge is 0.381 e. The Bertz CT molecular complexity index is 440. The average Bonchev–Trinajstić information content (AvgIpc) is 2.89. The zero-order valence-electron chi connectivity index (χ0n) is 11.4. The number of hydrogen-bond acceptors (Lipinski definition) is 3. The number of amides is 1. The number of rotatable bonds is 6. The second-order valence-electron chi connectivity index (χ2n) is 5.20. The van der Waals surface area contributed by atoms with E-state index in [0.29, 0.717) is 11.5 Å². The van der Waals surface area contributed by atoms with Gasteiger partial charge in [0.1, 0.15) is 0 Å². The van der Waals surface area contributed by atoms with Crippen LogP contribution in [0.25, 0.3) is 0 Å². The van der Waals surface area contributed by atoms with E-state index in [-0.39, 0.29) is 5.91 Å². The van der Waals surface area contributed by atoms with E-state index in [1.54, 1.807) is 6.07 Å². The number of carbonyl (C=O) groups is 1. The first-order valence-electron chi connectivity index (χ1n) is 6.84. The fourth-order valence-electron chi connectivity index (χ4n) is 2.39.